The third-order valence-corrected chi connectivity index (χ3v) is 4.34. The van der Waals surface area contributed by atoms with E-state index in [4.69, 9.17) is 4.74 Å². The minimum atomic E-state index is -0.345. The van der Waals surface area contributed by atoms with Crippen LogP contribution in [0.2, 0.25) is 0 Å². The van der Waals surface area contributed by atoms with Gasteiger partial charge in [-0.15, -0.1) is 0 Å². The summed E-state index contributed by atoms with van der Waals surface area (Å²) >= 11 is 0. The van der Waals surface area contributed by atoms with Gasteiger partial charge in [0.15, 0.2) is 0 Å². The molecule has 8 nitrogen and oxygen atoms in total. The SMILES string of the molecule is CN1CC(=O)N(CCCC(=O)NCc2ccc(Oc3ccc(F)cc3)nc2)C1=O. The number of hydrogen-bond donors (Lipinski definition) is 1. The molecule has 0 unspecified atom stereocenters. The Hall–Kier alpha value is -3.49. The fourth-order valence-corrected chi connectivity index (χ4v) is 2.77. The molecule has 29 heavy (non-hydrogen) atoms. The van der Waals surface area contributed by atoms with Crippen LogP contribution in [0.1, 0.15) is 18.4 Å². The van der Waals surface area contributed by atoms with Crippen molar-refractivity contribution in [3.63, 3.8) is 0 Å². The molecule has 2 aromatic rings. The molecule has 152 valence electrons. The number of nitrogens with zero attached hydrogens (tertiary/aromatic N) is 3. The Labute approximate surface area is 167 Å². The number of carbonyl (C=O) groups is 3. The summed E-state index contributed by atoms with van der Waals surface area (Å²) < 4.78 is 18.4. The molecule has 0 bridgehead atoms. The average molecular weight is 400 g/mol. The lowest BCUT2D eigenvalue weighted by molar-refractivity contribution is -0.126. The summed E-state index contributed by atoms with van der Waals surface area (Å²) in [5.74, 6) is 0.0658. The molecule has 1 saturated heterocycles. The number of imide groups is 1. The predicted molar refractivity (Wildman–Crippen MR) is 102 cm³/mol. The van der Waals surface area contributed by atoms with Crippen molar-refractivity contribution in [3.05, 3.63) is 54.0 Å². The molecule has 1 aliphatic heterocycles. The molecule has 0 spiro atoms. The second-order valence-corrected chi connectivity index (χ2v) is 6.62. The van der Waals surface area contributed by atoms with Gasteiger partial charge in [-0.05, 0) is 36.2 Å². The number of hydrogen-bond acceptors (Lipinski definition) is 5. The molecule has 0 aliphatic carbocycles. The molecule has 9 heteroatoms. The average Bonchev–Trinajstić information content (AvgIpc) is 2.95. The Morgan fingerprint density at radius 2 is 1.97 bits per heavy atom. The number of nitrogens with one attached hydrogen (secondary N) is 1. The van der Waals surface area contributed by atoms with E-state index >= 15 is 0 Å². The van der Waals surface area contributed by atoms with E-state index in [0.717, 1.165) is 10.5 Å². The minimum Gasteiger partial charge on any atom is -0.439 e. The van der Waals surface area contributed by atoms with Crippen LogP contribution in [0.15, 0.2) is 42.6 Å². The van der Waals surface area contributed by atoms with E-state index < -0.39 is 0 Å². The minimum absolute atomic E-state index is 0.0822. The summed E-state index contributed by atoms with van der Waals surface area (Å²) in [6, 6.07) is 8.71. The summed E-state index contributed by atoms with van der Waals surface area (Å²) in [6.07, 6.45) is 2.19. The van der Waals surface area contributed by atoms with Crippen molar-refractivity contribution >= 4 is 17.8 Å². The molecular formula is C20H21FN4O4. The van der Waals surface area contributed by atoms with Crippen LogP contribution in [-0.2, 0) is 16.1 Å². The fourth-order valence-electron chi connectivity index (χ4n) is 2.77. The third-order valence-electron chi connectivity index (χ3n) is 4.34. The standard InChI is InChI=1S/C20H21FN4O4/c1-24-13-19(27)25(20(24)28)10-2-3-17(26)22-11-14-4-9-18(23-12-14)29-16-7-5-15(21)6-8-16/h4-9,12H,2-3,10-11,13H2,1H3,(H,22,26). The summed E-state index contributed by atoms with van der Waals surface area (Å²) in [7, 11) is 1.57. The lowest BCUT2D eigenvalue weighted by atomic mass is 10.2. The largest absolute Gasteiger partial charge is 0.439 e. The quantitative estimate of drug-likeness (QED) is 0.687. The van der Waals surface area contributed by atoms with Gasteiger partial charge in [0, 0.05) is 38.8 Å². The number of rotatable bonds is 8. The Kier molecular flexibility index (Phi) is 6.38. The second kappa shape index (κ2) is 9.13. The van der Waals surface area contributed by atoms with E-state index in [9.17, 15) is 18.8 Å². The highest BCUT2D eigenvalue weighted by molar-refractivity contribution is 6.01. The highest BCUT2D eigenvalue weighted by atomic mass is 19.1. The summed E-state index contributed by atoms with van der Waals surface area (Å²) in [5.41, 5.74) is 0.788. The topological polar surface area (TPSA) is 91.8 Å². The summed E-state index contributed by atoms with van der Waals surface area (Å²) in [5, 5.41) is 2.77. The van der Waals surface area contributed by atoms with Gasteiger partial charge in [-0.3, -0.25) is 14.5 Å². The molecule has 0 radical (unpaired) electrons. The van der Waals surface area contributed by atoms with Crippen LogP contribution in [0.25, 0.3) is 0 Å². The zero-order valence-electron chi connectivity index (χ0n) is 15.9. The molecule has 2 heterocycles. The van der Waals surface area contributed by atoms with Crippen LogP contribution in [0.5, 0.6) is 11.6 Å². The van der Waals surface area contributed by atoms with E-state index in [2.05, 4.69) is 10.3 Å². The second-order valence-electron chi connectivity index (χ2n) is 6.62. The first-order valence-corrected chi connectivity index (χ1v) is 9.13. The summed E-state index contributed by atoms with van der Waals surface area (Å²) in [4.78, 5) is 42.1. The smallest absolute Gasteiger partial charge is 0.326 e. The molecule has 1 N–H and O–H groups in total. The molecule has 3 rings (SSSR count). The van der Waals surface area contributed by atoms with E-state index in [1.54, 1.807) is 25.4 Å². The molecule has 0 saturated carbocycles. The number of aromatic nitrogens is 1. The molecule has 4 amide bonds. The Balaban J connectivity index is 1.39. The van der Waals surface area contributed by atoms with Gasteiger partial charge in [0.1, 0.15) is 18.1 Å². The zero-order chi connectivity index (χ0) is 20.8. The Morgan fingerprint density at radius 3 is 2.59 bits per heavy atom. The Bertz CT molecular complexity index is 886. The van der Waals surface area contributed by atoms with E-state index in [0.29, 0.717) is 24.6 Å². The van der Waals surface area contributed by atoms with Gasteiger partial charge in [0.25, 0.3) is 0 Å². The maximum atomic E-state index is 12.9. The van der Waals surface area contributed by atoms with Crippen LogP contribution >= 0.6 is 0 Å². The van der Waals surface area contributed by atoms with Crippen molar-refractivity contribution in [3.8, 4) is 11.6 Å². The highest BCUT2D eigenvalue weighted by Gasteiger charge is 2.32. The number of urea groups is 1. The predicted octanol–water partition coefficient (Wildman–Crippen LogP) is 2.30. The molecule has 1 aliphatic rings. The van der Waals surface area contributed by atoms with Gasteiger partial charge in [0.2, 0.25) is 17.7 Å². The molecule has 1 aromatic heterocycles. The van der Waals surface area contributed by atoms with Gasteiger partial charge in [-0.2, -0.15) is 0 Å². The maximum absolute atomic E-state index is 12.9. The van der Waals surface area contributed by atoms with E-state index in [-0.39, 0.29) is 43.2 Å². The van der Waals surface area contributed by atoms with Crippen LogP contribution in [0.4, 0.5) is 9.18 Å². The molecule has 0 atom stereocenters. The number of halogens is 1. The number of carbonyl (C=O) groups excluding carboxylic acids is 3. The number of pyridine rings is 1. The van der Waals surface area contributed by atoms with E-state index in [1.165, 1.54) is 29.2 Å². The maximum Gasteiger partial charge on any atom is 0.326 e. The number of likely N-dealkylation sites (N-methyl/N-ethyl adjacent to an activating group) is 1. The van der Waals surface area contributed by atoms with Gasteiger partial charge in [-0.25, -0.2) is 14.2 Å². The number of ether oxygens (including phenoxy) is 1. The van der Waals surface area contributed by atoms with Gasteiger partial charge >= 0.3 is 6.03 Å². The molecule has 1 fully saturated rings. The van der Waals surface area contributed by atoms with Gasteiger partial charge < -0.3 is 15.0 Å². The van der Waals surface area contributed by atoms with E-state index in [1.807, 2.05) is 0 Å². The monoisotopic (exact) mass is 400 g/mol. The van der Waals surface area contributed by atoms with Crippen LogP contribution in [-0.4, -0.2) is 52.8 Å². The fraction of sp³-hybridized carbons (Fsp3) is 0.300. The van der Waals surface area contributed by atoms with Crippen LogP contribution in [0, 0.1) is 5.82 Å². The Morgan fingerprint density at radius 1 is 1.21 bits per heavy atom. The van der Waals surface area contributed by atoms with Crippen LogP contribution < -0.4 is 10.1 Å². The molecule has 1 aromatic carbocycles. The third kappa shape index (κ3) is 5.50. The van der Waals surface area contributed by atoms with Crippen molar-refractivity contribution in [2.75, 3.05) is 20.1 Å². The van der Waals surface area contributed by atoms with Crippen molar-refractivity contribution < 1.29 is 23.5 Å². The van der Waals surface area contributed by atoms with Gasteiger partial charge in [-0.1, -0.05) is 6.07 Å². The van der Waals surface area contributed by atoms with Crippen molar-refractivity contribution in [1.29, 1.82) is 0 Å². The van der Waals surface area contributed by atoms with Crippen molar-refractivity contribution in [2.45, 2.75) is 19.4 Å². The highest BCUT2D eigenvalue weighted by Crippen LogP contribution is 2.19. The first-order valence-electron chi connectivity index (χ1n) is 9.13. The zero-order valence-corrected chi connectivity index (χ0v) is 15.9. The van der Waals surface area contributed by atoms with Crippen molar-refractivity contribution in [1.82, 2.24) is 20.1 Å². The lowest BCUT2D eigenvalue weighted by Gasteiger charge is -2.13. The normalized spacial score (nSPS) is 13.7. The number of benzene rings is 1. The van der Waals surface area contributed by atoms with Crippen LogP contribution in [0.3, 0.4) is 0 Å². The van der Waals surface area contributed by atoms with Gasteiger partial charge in [0.05, 0.1) is 0 Å². The number of amides is 4. The lowest BCUT2D eigenvalue weighted by Crippen LogP contribution is -2.33. The van der Waals surface area contributed by atoms with Crippen molar-refractivity contribution in [2.24, 2.45) is 0 Å². The molecular weight excluding hydrogens is 379 g/mol. The first-order chi connectivity index (χ1) is 13.9. The summed E-state index contributed by atoms with van der Waals surface area (Å²) in [6.45, 7) is 0.609. The first kappa shape index (κ1) is 20.2.